The van der Waals surface area contributed by atoms with Crippen LogP contribution in [0.25, 0.3) is 0 Å². The summed E-state index contributed by atoms with van der Waals surface area (Å²) in [4.78, 5) is 24.0. The van der Waals surface area contributed by atoms with E-state index in [4.69, 9.17) is 0 Å². The van der Waals surface area contributed by atoms with Crippen molar-refractivity contribution in [3.05, 3.63) is 75.2 Å². The standard InChI is InChI=1S/C18H14BrN5O2S/c19-14-8-6-12(7-9-14)11-20-22-15(25)10-16-23-24-18(27-16)21-17(26)13-4-2-1-3-5-13/h1-9,11H,10H2,(H,22,25)(H,21,24,26). The second-order valence-electron chi connectivity index (χ2n) is 5.34. The van der Waals surface area contributed by atoms with Gasteiger partial charge in [-0.15, -0.1) is 10.2 Å². The normalized spacial score (nSPS) is 10.7. The largest absolute Gasteiger partial charge is 0.296 e. The fraction of sp³-hybridized carbons (Fsp3) is 0.0556. The maximum absolute atomic E-state index is 12.1. The van der Waals surface area contributed by atoms with Gasteiger partial charge in [0.15, 0.2) is 0 Å². The minimum absolute atomic E-state index is 0.0244. The van der Waals surface area contributed by atoms with Crippen LogP contribution in [0.3, 0.4) is 0 Å². The van der Waals surface area contributed by atoms with Crippen LogP contribution in [0.2, 0.25) is 0 Å². The molecule has 0 aliphatic carbocycles. The number of nitrogens with one attached hydrogen (secondary N) is 2. The van der Waals surface area contributed by atoms with Crippen molar-refractivity contribution >= 4 is 50.4 Å². The number of carbonyl (C=O) groups is 2. The zero-order valence-corrected chi connectivity index (χ0v) is 16.3. The van der Waals surface area contributed by atoms with Gasteiger partial charge in [0.25, 0.3) is 5.91 Å². The molecule has 0 aliphatic rings. The summed E-state index contributed by atoms with van der Waals surface area (Å²) in [7, 11) is 0. The quantitative estimate of drug-likeness (QED) is 0.451. The first-order valence-corrected chi connectivity index (χ1v) is 9.47. The molecule has 0 radical (unpaired) electrons. The van der Waals surface area contributed by atoms with Crippen LogP contribution < -0.4 is 10.7 Å². The maximum Gasteiger partial charge on any atom is 0.257 e. The predicted molar refractivity (Wildman–Crippen MR) is 108 cm³/mol. The van der Waals surface area contributed by atoms with E-state index in [9.17, 15) is 9.59 Å². The molecule has 0 saturated heterocycles. The van der Waals surface area contributed by atoms with Gasteiger partial charge in [-0.3, -0.25) is 14.9 Å². The highest BCUT2D eigenvalue weighted by atomic mass is 79.9. The van der Waals surface area contributed by atoms with Gasteiger partial charge in [0.2, 0.25) is 11.0 Å². The number of aromatic nitrogens is 2. The molecule has 0 fully saturated rings. The first-order chi connectivity index (χ1) is 13.1. The molecule has 0 unspecified atom stereocenters. The molecule has 0 bridgehead atoms. The third kappa shape index (κ3) is 5.80. The number of benzene rings is 2. The van der Waals surface area contributed by atoms with Gasteiger partial charge in [0.1, 0.15) is 5.01 Å². The number of hydrazone groups is 1. The van der Waals surface area contributed by atoms with Gasteiger partial charge in [-0.25, -0.2) is 5.43 Å². The second-order valence-corrected chi connectivity index (χ2v) is 7.32. The monoisotopic (exact) mass is 443 g/mol. The van der Waals surface area contributed by atoms with Gasteiger partial charge < -0.3 is 0 Å². The summed E-state index contributed by atoms with van der Waals surface area (Å²) in [5.74, 6) is -0.595. The number of carbonyl (C=O) groups excluding carboxylic acids is 2. The number of hydrogen-bond donors (Lipinski definition) is 2. The van der Waals surface area contributed by atoms with Gasteiger partial charge >= 0.3 is 0 Å². The van der Waals surface area contributed by atoms with Crippen molar-refractivity contribution < 1.29 is 9.59 Å². The summed E-state index contributed by atoms with van der Waals surface area (Å²) in [6, 6.07) is 16.3. The first kappa shape index (κ1) is 18.9. The van der Waals surface area contributed by atoms with Gasteiger partial charge in [-0.1, -0.05) is 57.6 Å². The Morgan fingerprint density at radius 3 is 2.56 bits per heavy atom. The Labute approximate surface area is 167 Å². The molecule has 2 N–H and O–H groups in total. The van der Waals surface area contributed by atoms with Crippen molar-refractivity contribution in [2.24, 2.45) is 5.10 Å². The number of nitrogens with zero attached hydrogens (tertiary/aromatic N) is 3. The average Bonchev–Trinajstić information content (AvgIpc) is 3.10. The van der Waals surface area contributed by atoms with E-state index in [-0.39, 0.29) is 18.2 Å². The van der Waals surface area contributed by atoms with Crippen LogP contribution in [0, 0.1) is 0 Å². The zero-order chi connectivity index (χ0) is 19.1. The molecule has 9 heteroatoms. The Morgan fingerprint density at radius 2 is 1.81 bits per heavy atom. The number of halogens is 1. The van der Waals surface area contributed by atoms with E-state index in [2.05, 4.69) is 42.0 Å². The lowest BCUT2D eigenvalue weighted by molar-refractivity contribution is -0.120. The van der Waals surface area contributed by atoms with Crippen molar-refractivity contribution in [2.75, 3.05) is 5.32 Å². The summed E-state index contributed by atoms with van der Waals surface area (Å²) in [5, 5.41) is 15.2. The summed E-state index contributed by atoms with van der Waals surface area (Å²) >= 11 is 4.50. The molecule has 2 aromatic carbocycles. The maximum atomic E-state index is 12.1. The summed E-state index contributed by atoms with van der Waals surface area (Å²) in [5.41, 5.74) is 3.82. The minimum Gasteiger partial charge on any atom is -0.296 e. The third-order valence-electron chi connectivity index (χ3n) is 3.31. The molecular weight excluding hydrogens is 430 g/mol. The second kappa shape index (κ2) is 9.15. The summed E-state index contributed by atoms with van der Waals surface area (Å²) < 4.78 is 0.968. The smallest absolute Gasteiger partial charge is 0.257 e. The molecule has 1 heterocycles. The highest BCUT2D eigenvalue weighted by molar-refractivity contribution is 9.10. The van der Waals surface area contributed by atoms with E-state index >= 15 is 0 Å². The molecule has 0 aliphatic heterocycles. The van der Waals surface area contributed by atoms with E-state index in [1.54, 1.807) is 30.5 Å². The molecule has 2 amide bonds. The lowest BCUT2D eigenvalue weighted by Gasteiger charge is -1.99. The lowest BCUT2D eigenvalue weighted by atomic mass is 10.2. The van der Waals surface area contributed by atoms with Gasteiger partial charge in [-0.2, -0.15) is 5.10 Å². The zero-order valence-electron chi connectivity index (χ0n) is 13.9. The van der Waals surface area contributed by atoms with Crippen LogP contribution in [-0.4, -0.2) is 28.2 Å². The Morgan fingerprint density at radius 1 is 1.07 bits per heavy atom. The summed E-state index contributed by atoms with van der Waals surface area (Å²) in [6.45, 7) is 0. The highest BCUT2D eigenvalue weighted by Gasteiger charge is 2.12. The molecule has 136 valence electrons. The predicted octanol–water partition coefficient (Wildman–Crippen LogP) is 3.25. The first-order valence-electron chi connectivity index (χ1n) is 7.86. The SMILES string of the molecule is O=C(Cc1nnc(NC(=O)c2ccccc2)s1)NN=Cc1ccc(Br)cc1. The molecular formula is C18H14BrN5O2S. The van der Waals surface area contributed by atoms with Crippen molar-refractivity contribution in [1.82, 2.24) is 15.6 Å². The van der Waals surface area contributed by atoms with Gasteiger partial charge in [0.05, 0.1) is 12.6 Å². The Hall–Kier alpha value is -2.91. The lowest BCUT2D eigenvalue weighted by Crippen LogP contribution is -2.19. The number of amides is 2. The Kier molecular flexibility index (Phi) is 6.39. The molecule has 1 aromatic heterocycles. The van der Waals surface area contributed by atoms with Gasteiger partial charge in [-0.05, 0) is 29.8 Å². The van der Waals surface area contributed by atoms with Crippen molar-refractivity contribution in [3.63, 3.8) is 0 Å². The molecule has 0 saturated carbocycles. The van der Waals surface area contributed by atoms with Crippen LogP contribution in [0.5, 0.6) is 0 Å². The van der Waals surface area contributed by atoms with E-state index in [0.717, 1.165) is 21.4 Å². The van der Waals surface area contributed by atoms with Gasteiger partial charge in [0, 0.05) is 10.0 Å². The van der Waals surface area contributed by atoms with E-state index < -0.39 is 0 Å². The Balaban J connectivity index is 1.50. The third-order valence-corrected chi connectivity index (χ3v) is 4.68. The molecule has 7 nitrogen and oxygen atoms in total. The topological polar surface area (TPSA) is 96.3 Å². The van der Waals surface area contributed by atoms with Crippen molar-refractivity contribution in [2.45, 2.75) is 6.42 Å². The minimum atomic E-state index is -0.319. The number of rotatable bonds is 6. The average molecular weight is 444 g/mol. The molecule has 0 atom stereocenters. The van der Waals surface area contributed by atoms with E-state index in [1.807, 2.05) is 30.3 Å². The molecule has 3 rings (SSSR count). The number of anilines is 1. The van der Waals surface area contributed by atoms with Crippen LogP contribution in [0.4, 0.5) is 5.13 Å². The molecule has 0 spiro atoms. The number of hydrogen-bond acceptors (Lipinski definition) is 6. The van der Waals surface area contributed by atoms with E-state index in [1.165, 1.54) is 0 Å². The Bertz CT molecular complexity index is 957. The van der Waals surface area contributed by atoms with Crippen LogP contribution in [0.15, 0.2) is 64.2 Å². The molecule has 3 aromatic rings. The van der Waals surface area contributed by atoms with Crippen molar-refractivity contribution in [1.29, 1.82) is 0 Å². The fourth-order valence-electron chi connectivity index (χ4n) is 2.04. The summed E-state index contributed by atoms with van der Waals surface area (Å²) in [6.07, 6.45) is 1.58. The fourth-order valence-corrected chi connectivity index (χ4v) is 3.04. The van der Waals surface area contributed by atoms with Crippen LogP contribution >= 0.6 is 27.3 Å². The van der Waals surface area contributed by atoms with E-state index in [0.29, 0.717) is 15.7 Å². The van der Waals surface area contributed by atoms with Crippen molar-refractivity contribution in [3.8, 4) is 0 Å². The highest BCUT2D eigenvalue weighted by Crippen LogP contribution is 2.16. The van der Waals surface area contributed by atoms with Crippen LogP contribution in [-0.2, 0) is 11.2 Å². The molecule has 27 heavy (non-hydrogen) atoms. The van der Waals surface area contributed by atoms with Crippen LogP contribution in [0.1, 0.15) is 20.9 Å².